The summed E-state index contributed by atoms with van der Waals surface area (Å²) in [6.45, 7) is 0.488. The van der Waals surface area contributed by atoms with E-state index in [1.165, 1.54) is 19.9 Å². The van der Waals surface area contributed by atoms with E-state index in [2.05, 4.69) is 9.47 Å². The SMILES string of the molecule is C/C(=C\C=C(/C)C(=O)OCC(F)(F)F)C(=O)OCCO. The van der Waals surface area contributed by atoms with E-state index in [1.807, 2.05) is 0 Å². The number of alkyl halides is 3. The third-order valence-corrected chi connectivity index (χ3v) is 1.92. The fourth-order valence-corrected chi connectivity index (χ4v) is 0.899. The summed E-state index contributed by atoms with van der Waals surface area (Å²) < 4.78 is 44.1. The topological polar surface area (TPSA) is 72.8 Å². The zero-order valence-corrected chi connectivity index (χ0v) is 11.0. The number of halogens is 3. The number of carbonyl (C=O) groups excluding carboxylic acids is 2. The van der Waals surface area contributed by atoms with Gasteiger partial charge in [0, 0.05) is 11.1 Å². The van der Waals surface area contributed by atoms with Crippen LogP contribution in [0.5, 0.6) is 0 Å². The average Bonchev–Trinajstić information content (AvgIpc) is 2.37. The predicted octanol–water partition coefficient (Wildman–Crippen LogP) is 1.52. The summed E-state index contributed by atoms with van der Waals surface area (Å²) in [7, 11) is 0. The first kappa shape index (κ1) is 18.2. The van der Waals surface area contributed by atoms with Crippen molar-refractivity contribution in [2.45, 2.75) is 20.0 Å². The molecule has 0 bridgehead atoms. The lowest BCUT2D eigenvalue weighted by molar-refractivity contribution is -0.183. The van der Waals surface area contributed by atoms with Gasteiger partial charge in [-0.05, 0) is 13.8 Å². The van der Waals surface area contributed by atoms with Crippen molar-refractivity contribution in [3.8, 4) is 0 Å². The Morgan fingerprint density at radius 1 is 1.05 bits per heavy atom. The molecule has 0 aliphatic carbocycles. The van der Waals surface area contributed by atoms with E-state index in [4.69, 9.17) is 5.11 Å². The maximum Gasteiger partial charge on any atom is 0.422 e. The maximum atomic E-state index is 11.8. The van der Waals surface area contributed by atoms with E-state index in [0.29, 0.717) is 0 Å². The Morgan fingerprint density at radius 2 is 1.50 bits per heavy atom. The highest BCUT2D eigenvalue weighted by atomic mass is 19.4. The van der Waals surface area contributed by atoms with E-state index in [1.54, 1.807) is 0 Å². The monoisotopic (exact) mass is 296 g/mol. The largest absolute Gasteiger partial charge is 0.460 e. The number of esters is 2. The second-order valence-corrected chi connectivity index (χ2v) is 3.75. The molecule has 114 valence electrons. The zero-order chi connectivity index (χ0) is 15.8. The van der Waals surface area contributed by atoms with Gasteiger partial charge in [0.1, 0.15) is 6.61 Å². The number of hydrogen-bond donors (Lipinski definition) is 1. The summed E-state index contributed by atoms with van der Waals surface area (Å²) in [5.74, 6) is -1.83. The third-order valence-electron chi connectivity index (χ3n) is 1.92. The summed E-state index contributed by atoms with van der Waals surface area (Å²) >= 11 is 0. The van der Waals surface area contributed by atoms with Gasteiger partial charge in [-0.15, -0.1) is 0 Å². The van der Waals surface area contributed by atoms with E-state index in [-0.39, 0.29) is 24.4 Å². The average molecular weight is 296 g/mol. The van der Waals surface area contributed by atoms with Crippen molar-refractivity contribution >= 4 is 11.9 Å². The first-order valence-electron chi connectivity index (χ1n) is 5.54. The van der Waals surface area contributed by atoms with Crippen LogP contribution in [0.15, 0.2) is 23.3 Å². The molecule has 0 aliphatic heterocycles. The molecule has 0 atom stereocenters. The molecule has 1 N–H and O–H groups in total. The van der Waals surface area contributed by atoms with Crippen molar-refractivity contribution in [1.29, 1.82) is 0 Å². The van der Waals surface area contributed by atoms with E-state index in [0.717, 1.165) is 6.08 Å². The van der Waals surface area contributed by atoms with Crippen LogP contribution in [-0.4, -0.2) is 43.0 Å². The molecule has 0 saturated carbocycles. The van der Waals surface area contributed by atoms with Crippen LogP contribution >= 0.6 is 0 Å². The first-order valence-corrected chi connectivity index (χ1v) is 5.54. The molecule has 0 aromatic carbocycles. The van der Waals surface area contributed by atoms with Crippen LogP contribution in [-0.2, 0) is 19.1 Å². The number of carbonyl (C=O) groups is 2. The van der Waals surface area contributed by atoms with Gasteiger partial charge in [-0.3, -0.25) is 0 Å². The molecule has 0 spiro atoms. The molecule has 0 heterocycles. The number of rotatable bonds is 6. The normalized spacial score (nSPS) is 13.1. The molecule has 0 saturated heterocycles. The summed E-state index contributed by atoms with van der Waals surface area (Å²) in [5.41, 5.74) is 0.0324. The Labute approximate surface area is 113 Å². The predicted molar refractivity (Wildman–Crippen MR) is 62.6 cm³/mol. The first-order chi connectivity index (χ1) is 9.17. The molecular formula is C12H15F3O5. The summed E-state index contributed by atoms with van der Waals surface area (Å²) in [4.78, 5) is 22.4. The molecule has 0 fully saturated rings. The number of aliphatic hydroxyl groups excluding tert-OH is 1. The molecule has 0 unspecified atom stereocenters. The van der Waals surface area contributed by atoms with Crippen LogP contribution in [0.2, 0.25) is 0 Å². The molecule has 0 aromatic heterocycles. The van der Waals surface area contributed by atoms with Gasteiger partial charge in [0.05, 0.1) is 6.61 Å². The summed E-state index contributed by atoms with van der Waals surface area (Å²) in [6.07, 6.45) is -2.23. The highest BCUT2D eigenvalue weighted by molar-refractivity contribution is 5.90. The molecule has 0 aromatic rings. The Balaban J connectivity index is 4.49. The van der Waals surface area contributed by atoms with Gasteiger partial charge in [-0.25, -0.2) is 9.59 Å². The molecule has 0 aliphatic rings. The maximum absolute atomic E-state index is 11.8. The van der Waals surface area contributed by atoms with Crippen LogP contribution in [0.3, 0.4) is 0 Å². The van der Waals surface area contributed by atoms with Crippen LogP contribution in [0.1, 0.15) is 13.8 Å². The zero-order valence-electron chi connectivity index (χ0n) is 11.0. The quantitative estimate of drug-likeness (QED) is 0.457. The highest BCUT2D eigenvalue weighted by Gasteiger charge is 2.29. The van der Waals surface area contributed by atoms with Gasteiger partial charge < -0.3 is 14.6 Å². The van der Waals surface area contributed by atoms with Gasteiger partial charge in [-0.1, -0.05) is 12.2 Å². The van der Waals surface area contributed by atoms with E-state index >= 15 is 0 Å². The van der Waals surface area contributed by atoms with Crippen molar-refractivity contribution in [3.05, 3.63) is 23.3 Å². The smallest absolute Gasteiger partial charge is 0.422 e. The van der Waals surface area contributed by atoms with Gasteiger partial charge in [0.25, 0.3) is 0 Å². The lowest BCUT2D eigenvalue weighted by Crippen LogP contribution is -2.20. The molecule has 8 heteroatoms. The molecule has 5 nitrogen and oxygen atoms in total. The minimum Gasteiger partial charge on any atom is -0.460 e. The number of allylic oxidation sites excluding steroid dienone is 2. The third kappa shape index (κ3) is 8.30. The Morgan fingerprint density at radius 3 is 1.90 bits per heavy atom. The molecular weight excluding hydrogens is 281 g/mol. The lowest BCUT2D eigenvalue weighted by atomic mass is 10.2. The fraction of sp³-hybridized carbons (Fsp3) is 0.500. The second kappa shape index (κ2) is 8.36. The second-order valence-electron chi connectivity index (χ2n) is 3.75. The van der Waals surface area contributed by atoms with Crippen molar-refractivity contribution in [2.24, 2.45) is 0 Å². The van der Waals surface area contributed by atoms with Gasteiger partial charge >= 0.3 is 18.1 Å². The van der Waals surface area contributed by atoms with Crippen molar-refractivity contribution in [3.63, 3.8) is 0 Å². The van der Waals surface area contributed by atoms with Crippen LogP contribution in [0.25, 0.3) is 0 Å². The molecule has 0 radical (unpaired) electrons. The number of aliphatic hydroxyl groups is 1. The number of ether oxygens (including phenoxy) is 2. The van der Waals surface area contributed by atoms with Gasteiger partial charge in [-0.2, -0.15) is 13.2 Å². The molecule has 20 heavy (non-hydrogen) atoms. The molecule has 0 rings (SSSR count). The van der Waals surface area contributed by atoms with Crippen LogP contribution < -0.4 is 0 Å². The lowest BCUT2D eigenvalue weighted by Gasteiger charge is -2.07. The minimum absolute atomic E-state index is 0.0939. The van der Waals surface area contributed by atoms with E-state index < -0.39 is 24.7 Å². The summed E-state index contributed by atoms with van der Waals surface area (Å²) in [6, 6.07) is 0. The van der Waals surface area contributed by atoms with Crippen molar-refractivity contribution < 1.29 is 37.3 Å². The van der Waals surface area contributed by atoms with E-state index in [9.17, 15) is 22.8 Å². The summed E-state index contributed by atoms with van der Waals surface area (Å²) in [5, 5.41) is 8.45. The Hall–Kier alpha value is -1.83. The van der Waals surface area contributed by atoms with Crippen LogP contribution in [0.4, 0.5) is 13.2 Å². The van der Waals surface area contributed by atoms with Crippen LogP contribution in [0, 0.1) is 0 Å². The van der Waals surface area contributed by atoms with Gasteiger partial charge in [0.2, 0.25) is 0 Å². The minimum atomic E-state index is -4.59. The standard InChI is InChI=1S/C12H15F3O5/c1-8(10(17)19-6-5-16)3-4-9(2)11(18)20-7-12(13,14)15/h3-4,16H,5-7H2,1-2H3/b8-3+,9-4+. The van der Waals surface area contributed by atoms with Crippen molar-refractivity contribution in [2.75, 3.05) is 19.8 Å². The molecule has 0 amide bonds. The Bertz CT molecular complexity index is 410. The van der Waals surface area contributed by atoms with Crippen molar-refractivity contribution in [1.82, 2.24) is 0 Å². The number of hydrogen-bond acceptors (Lipinski definition) is 5. The highest BCUT2D eigenvalue weighted by Crippen LogP contribution is 2.15. The Kier molecular flexibility index (Phi) is 7.60. The van der Waals surface area contributed by atoms with Gasteiger partial charge in [0.15, 0.2) is 6.61 Å². The fourth-order valence-electron chi connectivity index (χ4n) is 0.899.